The minimum absolute atomic E-state index is 0.124. The molecule has 7 atom stereocenters. The Labute approximate surface area is 152 Å². The molecule has 1 saturated carbocycles. The summed E-state index contributed by atoms with van der Waals surface area (Å²) in [4.78, 5) is 37.4. The van der Waals surface area contributed by atoms with Gasteiger partial charge in [-0.2, -0.15) is 0 Å². The van der Waals surface area contributed by atoms with Crippen LogP contribution in [-0.2, 0) is 23.9 Å². The van der Waals surface area contributed by atoms with E-state index in [1.54, 1.807) is 32.9 Å². The molecule has 3 rings (SSSR count). The van der Waals surface area contributed by atoms with Crippen LogP contribution in [-0.4, -0.2) is 41.1 Å². The number of ether oxygens (including phenoxy) is 2. The number of carbonyl (C=O) groups excluding carboxylic acids is 3. The van der Waals surface area contributed by atoms with Crippen molar-refractivity contribution in [1.82, 2.24) is 0 Å². The highest BCUT2D eigenvalue weighted by atomic mass is 16.6. The second kappa shape index (κ2) is 6.20. The van der Waals surface area contributed by atoms with Crippen LogP contribution in [0.3, 0.4) is 0 Å². The number of carbonyl (C=O) groups is 3. The molecule has 2 fully saturated rings. The Bertz CT molecular complexity index is 747. The van der Waals surface area contributed by atoms with Crippen LogP contribution in [0.15, 0.2) is 36.0 Å². The molecule has 2 aliphatic carbocycles. The summed E-state index contributed by atoms with van der Waals surface area (Å²) in [5, 5.41) is 10.8. The van der Waals surface area contributed by atoms with Gasteiger partial charge in [0, 0.05) is 11.1 Å². The second-order valence-corrected chi connectivity index (χ2v) is 7.60. The third-order valence-electron chi connectivity index (χ3n) is 6.29. The van der Waals surface area contributed by atoms with Crippen LogP contribution in [0.4, 0.5) is 0 Å². The summed E-state index contributed by atoms with van der Waals surface area (Å²) in [6.07, 6.45) is 2.00. The molecule has 0 amide bonds. The summed E-state index contributed by atoms with van der Waals surface area (Å²) >= 11 is 0. The number of ketones is 1. The van der Waals surface area contributed by atoms with E-state index in [1.807, 2.05) is 6.92 Å². The highest BCUT2D eigenvalue weighted by Crippen LogP contribution is 2.54. The van der Waals surface area contributed by atoms with Crippen LogP contribution < -0.4 is 0 Å². The maximum atomic E-state index is 12.8. The monoisotopic (exact) mass is 360 g/mol. The van der Waals surface area contributed by atoms with Gasteiger partial charge < -0.3 is 14.6 Å². The topological polar surface area (TPSA) is 89.9 Å². The largest absolute Gasteiger partial charge is 0.457 e. The molecule has 0 aromatic carbocycles. The summed E-state index contributed by atoms with van der Waals surface area (Å²) in [7, 11) is 0. The zero-order chi connectivity index (χ0) is 19.4. The number of rotatable bonds is 2. The van der Waals surface area contributed by atoms with Crippen LogP contribution in [0.5, 0.6) is 0 Å². The number of fused-ring (bicyclic) bond motifs is 2. The van der Waals surface area contributed by atoms with Crippen molar-refractivity contribution in [2.75, 3.05) is 0 Å². The number of allylic oxidation sites excluding steroid dienone is 3. The Morgan fingerprint density at radius 2 is 2.08 bits per heavy atom. The van der Waals surface area contributed by atoms with Crippen molar-refractivity contribution in [2.24, 2.45) is 23.2 Å². The summed E-state index contributed by atoms with van der Waals surface area (Å²) in [5.41, 5.74) is -0.576. The molecule has 0 radical (unpaired) electrons. The van der Waals surface area contributed by atoms with Crippen molar-refractivity contribution >= 4 is 17.7 Å². The van der Waals surface area contributed by atoms with E-state index in [9.17, 15) is 19.5 Å². The Hall–Kier alpha value is -2.21. The zero-order valence-electron chi connectivity index (χ0n) is 15.4. The fourth-order valence-electron chi connectivity index (χ4n) is 4.44. The summed E-state index contributed by atoms with van der Waals surface area (Å²) in [5.74, 6) is -2.86. The first-order valence-electron chi connectivity index (χ1n) is 8.79. The van der Waals surface area contributed by atoms with Gasteiger partial charge >= 0.3 is 11.9 Å². The van der Waals surface area contributed by atoms with Crippen molar-refractivity contribution < 1.29 is 29.0 Å². The number of esters is 2. The molecule has 6 nitrogen and oxygen atoms in total. The quantitative estimate of drug-likeness (QED) is 0.596. The number of aliphatic hydroxyl groups is 1. The molecule has 0 aromatic heterocycles. The lowest BCUT2D eigenvalue weighted by Crippen LogP contribution is -2.49. The lowest BCUT2D eigenvalue weighted by Gasteiger charge is -2.39. The Balaban J connectivity index is 2.14. The van der Waals surface area contributed by atoms with E-state index in [0.717, 1.165) is 0 Å². The molecule has 0 bridgehead atoms. The highest BCUT2D eigenvalue weighted by Gasteiger charge is 2.64. The predicted molar refractivity (Wildman–Crippen MR) is 92.7 cm³/mol. The molecule has 3 aliphatic rings. The molecule has 140 valence electrons. The van der Waals surface area contributed by atoms with Crippen molar-refractivity contribution in [3.8, 4) is 0 Å². The third kappa shape index (κ3) is 2.39. The molecule has 1 aliphatic heterocycles. The summed E-state index contributed by atoms with van der Waals surface area (Å²) in [6, 6.07) is 0. The fraction of sp³-hybridized carbons (Fsp3) is 0.550. The van der Waals surface area contributed by atoms with Gasteiger partial charge in [0.15, 0.2) is 5.78 Å². The maximum Gasteiger partial charge on any atom is 0.334 e. The molecule has 6 heteroatoms. The van der Waals surface area contributed by atoms with Gasteiger partial charge in [-0.25, -0.2) is 9.59 Å². The lowest BCUT2D eigenvalue weighted by atomic mass is 9.67. The molecule has 0 unspecified atom stereocenters. The first kappa shape index (κ1) is 18.6. The molecule has 0 spiro atoms. The zero-order valence-corrected chi connectivity index (χ0v) is 15.4. The first-order chi connectivity index (χ1) is 12.1. The molecule has 1 heterocycles. The standard InChI is InChI=1S/C20H24O6/c1-6-9(2)18(23)26-17-14-11(4)19(24)25-16(14)15(22)10(3)12-7-8-13(21)20(12,17)5/h6-8,10,12,14-17,22H,4H2,1-3,5H3/b9-6+/t10-,12-,14+,15+,16-,17-,20-/m0/s1. The van der Waals surface area contributed by atoms with Crippen LogP contribution in [0.1, 0.15) is 27.7 Å². The number of hydrogen-bond acceptors (Lipinski definition) is 6. The van der Waals surface area contributed by atoms with Gasteiger partial charge in [-0.3, -0.25) is 4.79 Å². The number of hydrogen-bond donors (Lipinski definition) is 1. The normalized spacial score (nSPS) is 42.2. The van der Waals surface area contributed by atoms with Gasteiger partial charge in [0.05, 0.1) is 17.4 Å². The average molecular weight is 360 g/mol. The maximum absolute atomic E-state index is 12.8. The molecule has 26 heavy (non-hydrogen) atoms. The van der Waals surface area contributed by atoms with E-state index in [2.05, 4.69) is 6.58 Å². The van der Waals surface area contributed by atoms with Gasteiger partial charge in [0.1, 0.15) is 12.2 Å². The number of aliphatic hydroxyl groups excluding tert-OH is 1. The average Bonchev–Trinajstić information content (AvgIpc) is 3.06. The molecule has 1 saturated heterocycles. The van der Waals surface area contributed by atoms with Gasteiger partial charge in [-0.15, -0.1) is 0 Å². The van der Waals surface area contributed by atoms with Gasteiger partial charge in [0.25, 0.3) is 0 Å². The van der Waals surface area contributed by atoms with E-state index in [1.165, 1.54) is 6.08 Å². The van der Waals surface area contributed by atoms with Gasteiger partial charge in [-0.1, -0.05) is 25.7 Å². The van der Waals surface area contributed by atoms with E-state index in [4.69, 9.17) is 9.47 Å². The summed E-state index contributed by atoms with van der Waals surface area (Å²) in [6.45, 7) is 10.7. The molecule has 0 aromatic rings. The lowest BCUT2D eigenvalue weighted by molar-refractivity contribution is -0.161. The molecule has 1 N–H and O–H groups in total. The minimum Gasteiger partial charge on any atom is -0.457 e. The Kier molecular flexibility index (Phi) is 4.43. The smallest absolute Gasteiger partial charge is 0.334 e. The van der Waals surface area contributed by atoms with Crippen molar-refractivity contribution in [3.63, 3.8) is 0 Å². The van der Waals surface area contributed by atoms with E-state index < -0.39 is 41.6 Å². The van der Waals surface area contributed by atoms with E-state index in [0.29, 0.717) is 5.57 Å². The SMILES string of the molecule is C=C1C(=O)O[C@@H]2[C@H](O)[C@@H](C)[C@@H]3C=CC(=O)[C@@]3(C)[C@@H](OC(=O)/C(C)=C/C)[C@H]12. The Morgan fingerprint density at radius 3 is 2.69 bits per heavy atom. The van der Waals surface area contributed by atoms with Gasteiger partial charge in [-0.05, 0) is 38.7 Å². The van der Waals surface area contributed by atoms with E-state index in [-0.39, 0.29) is 23.2 Å². The minimum atomic E-state index is -1.10. The molecular weight excluding hydrogens is 336 g/mol. The Morgan fingerprint density at radius 1 is 1.42 bits per heavy atom. The van der Waals surface area contributed by atoms with Crippen LogP contribution >= 0.6 is 0 Å². The van der Waals surface area contributed by atoms with Crippen LogP contribution in [0, 0.1) is 23.2 Å². The summed E-state index contributed by atoms with van der Waals surface area (Å²) < 4.78 is 11.1. The fourth-order valence-corrected chi connectivity index (χ4v) is 4.44. The second-order valence-electron chi connectivity index (χ2n) is 7.60. The van der Waals surface area contributed by atoms with Gasteiger partial charge in [0.2, 0.25) is 0 Å². The van der Waals surface area contributed by atoms with Crippen LogP contribution in [0.2, 0.25) is 0 Å². The van der Waals surface area contributed by atoms with Crippen LogP contribution in [0.25, 0.3) is 0 Å². The van der Waals surface area contributed by atoms with Crippen molar-refractivity contribution in [2.45, 2.75) is 46.0 Å². The first-order valence-corrected chi connectivity index (χ1v) is 8.79. The van der Waals surface area contributed by atoms with Crippen molar-refractivity contribution in [1.29, 1.82) is 0 Å². The van der Waals surface area contributed by atoms with Crippen molar-refractivity contribution in [3.05, 3.63) is 36.0 Å². The van der Waals surface area contributed by atoms with E-state index >= 15 is 0 Å². The predicted octanol–water partition coefficient (Wildman–Crippen LogP) is 1.73. The third-order valence-corrected chi connectivity index (χ3v) is 6.29. The highest BCUT2D eigenvalue weighted by molar-refractivity contribution is 5.99. The molecular formula is C20H24O6.